The van der Waals surface area contributed by atoms with Gasteiger partial charge in [0.15, 0.2) is 16.8 Å². The van der Waals surface area contributed by atoms with Crippen molar-refractivity contribution in [3.63, 3.8) is 0 Å². The van der Waals surface area contributed by atoms with Crippen LogP contribution in [-0.4, -0.2) is 88.4 Å². The molecule has 3 atom stereocenters. The molecule has 0 saturated heterocycles. The van der Waals surface area contributed by atoms with E-state index in [0.717, 1.165) is 0 Å². The zero-order chi connectivity index (χ0) is 43.2. The van der Waals surface area contributed by atoms with Gasteiger partial charge >= 0.3 is 71.6 Å². The molecule has 0 aliphatic carbocycles. The maximum atomic E-state index is 16.6. The average molecular weight is 862 g/mol. The summed E-state index contributed by atoms with van der Waals surface area (Å²) >= 11 is 0. The lowest BCUT2D eigenvalue weighted by Crippen LogP contribution is -2.72. The Morgan fingerprint density at radius 3 is 0.481 bits per heavy atom. The number of ether oxygens (including phenoxy) is 3. The Kier molecular flexibility index (Phi) is 12.6. The molecule has 0 aromatic heterocycles. The first-order valence-electron chi connectivity index (χ1n) is 12.2. The van der Waals surface area contributed by atoms with E-state index in [4.69, 9.17) is 0 Å². The van der Waals surface area contributed by atoms with Crippen LogP contribution in [0.4, 0.5) is 119 Å². The standard InChI is InChI=1S/C21H18F27O3P/c1-7(2,13(28,29)30)49-19(46,10(22,23)16(37,38)39)52(20(47,11(24,25)17(40,41)42)50-8(3,4)14(31,32)33)21(48,12(26,27)18(43,44)45)51-9(5,6)15(34,35)36/h1-6H3. The Morgan fingerprint density at radius 1 is 0.250 bits per heavy atom. The van der Waals surface area contributed by atoms with Crippen LogP contribution in [0.1, 0.15) is 41.5 Å². The molecule has 0 aromatic carbocycles. The second kappa shape index (κ2) is 13.0. The third-order valence-electron chi connectivity index (χ3n) is 6.31. The number of rotatable bonds is 12. The molecule has 3 unspecified atom stereocenters. The zero-order valence-electron chi connectivity index (χ0n) is 25.4. The van der Waals surface area contributed by atoms with Crippen molar-refractivity contribution in [2.24, 2.45) is 0 Å². The van der Waals surface area contributed by atoms with Crippen LogP contribution >= 0.6 is 7.92 Å². The minimum Gasteiger partial charge on any atom is -0.322 e. The summed E-state index contributed by atoms with van der Waals surface area (Å²) in [6.45, 7) is -7.05. The Hall–Kier alpha value is -1.58. The maximum Gasteiger partial charge on any atom is 0.459 e. The predicted molar refractivity (Wildman–Crippen MR) is 115 cm³/mol. The van der Waals surface area contributed by atoms with Gasteiger partial charge in [0.1, 0.15) is 7.92 Å². The molecular formula is C21H18F27O3P. The lowest BCUT2D eigenvalue weighted by Gasteiger charge is -2.55. The summed E-state index contributed by atoms with van der Waals surface area (Å²) in [6.07, 6.45) is -46.7. The molecular weight excluding hydrogens is 844 g/mol. The smallest absolute Gasteiger partial charge is 0.322 e. The SMILES string of the molecule is CC(C)(OC(F)(P(C(F)(OC(C)(C)C(F)(F)F)C(F)(F)C(F)(F)F)C(F)(OC(C)(C)C(F)(F)F)C(F)(F)C(F)(F)F)C(F)(F)C(F)(F)F)C(F)(F)F. The molecule has 0 aliphatic rings. The molecule has 0 aliphatic heterocycles. The minimum atomic E-state index is -9.37. The van der Waals surface area contributed by atoms with Crippen LogP contribution in [0, 0.1) is 0 Å². The van der Waals surface area contributed by atoms with Crippen molar-refractivity contribution in [1.82, 2.24) is 0 Å². The van der Waals surface area contributed by atoms with Gasteiger partial charge < -0.3 is 14.2 Å². The lowest BCUT2D eigenvalue weighted by molar-refractivity contribution is -0.423. The maximum absolute atomic E-state index is 16.6. The molecule has 0 radical (unpaired) electrons. The van der Waals surface area contributed by atoms with Gasteiger partial charge in [-0.25, -0.2) is 0 Å². The van der Waals surface area contributed by atoms with E-state index in [0.29, 0.717) is 0 Å². The van der Waals surface area contributed by atoms with Crippen molar-refractivity contribution in [1.29, 1.82) is 0 Å². The van der Waals surface area contributed by atoms with E-state index in [9.17, 15) is 105 Å². The topological polar surface area (TPSA) is 27.7 Å². The van der Waals surface area contributed by atoms with Crippen LogP contribution in [0.5, 0.6) is 0 Å². The monoisotopic (exact) mass is 862 g/mol. The quantitative estimate of drug-likeness (QED) is 0.145. The zero-order valence-corrected chi connectivity index (χ0v) is 26.3. The van der Waals surface area contributed by atoms with Crippen molar-refractivity contribution in [3.05, 3.63) is 0 Å². The summed E-state index contributed by atoms with van der Waals surface area (Å²) in [6, 6.07) is 0. The molecule has 0 bridgehead atoms. The number of hydrogen-bond donors (Lipinski definition) is 0. The second-order valence-corrected chi connectivity index (χ2v) is 14.0. The van der Waals surface area contributed by atoms with E-state index < -0.39 is 138 Å². The van der Waals surface area contributed by atoms with E-state index in [-0.39, 0.29) is 0 Å². The molecule has 314 valence electrons. The normalized spacial score (nSPS) is 20.2. The van der Waals surface area contributed by atoms with E-state index >= 15 is 13.2 Å². The third kappa shape index (κ3) is 8.17. The van der Waals surface area contributed by atoms with Gasteiger partial charge in [-0.3, -0.25) is 0 Å². The number of alkyl halides is 27. The van der Waals surface area contributed by atoms with Crippen LogP contribution in [0.3, 0.4) is 0 Å². The fraction of sp³-hybridized carbons (Fsp3) is 1.00. The molecule has 0 heterocycles. The van der Waals surface area contributed by atoms with Gasteiger partial charge in [-0.15, -0.1) is 0 Å². The highest BCUT2D eigenvalue weighted by atomic mass is 31.1. The molecule has 0 N–H and O–H groups in total. The van der Waals surface area contributed by atoms with Crippen molar-refractivity contribution in [3.8, 4) is 0 Å². The highest BCUT2D eigenvalue weighted by Gasteiger charge is 2.95. The van der Waals surface area contributed by atoms with Crippen LogP contribution in [-0.2, 0) is 14.2 Å². The Labute approximate surface area is 271 Å². The number of halogens is 27. The molecule has 3 nitrogen and oxygen atoms in total. The highest BCUT2D eigenvalue weighted by Crippen LogP contribution is 2.83. The Bertz CT molecular complexity index is 1100. The fourth-order valence-corrected chi connectivity index (χ4v) is 6.31. The number of hydrogen-bond acceptors (Lipinski definition) is 3. The van der Waals surface area contributed by atoms with Crippen molar-refractivity contribution in [2.45, 2.75) is 130 Å². The van der Waals surface area contributed by atoms with Crippen LogP contribution in [0.25, 0.3) is 0 Å². The van der Waals surface area contributed by atoms with E-state index in [1.54, 1.807) is 0 Å². The Balaban J connectivity index is 9.95. The van der Waals surface area contributed by atoms with Crippen LogP contribution in [0.15, 0.2) is 0 Å². The fourth-order valence-electron chi connectivity index (χ4n) is 3.02. The molecule has 0 rings (SSSR count). The largest absolute Gasteiger partial charge is 0.459 e. The van der Waals surface area contributed by atoms with E-state index in [1.807, 2.05) is 0 Å². The van der Waals surface area contributed by atoms with Crippen molar-refractivity contribution in [2.75, 3.05) is 0 Å². The summed E-state index contributed by atoms with van der Waals surface area (Å²) in [7, 11) is -9.37. The molecule has 0 amide bonds. The first kappa shape index (κ1) is 50.4. The first-order valence-corrected chi connectivity index (χ1v) is 13.6. The molecule has 0 spiro atoms. The lowest BCUT2D eigenvalue weighted by atomic mass is 10.1. The minimum absolute atomic E-state index is 1.17. The predicted octanol–water partition coefficient (Wildman–Crippen LogP) is 12.0. The molecule has 31 heteroatoms. The van der Waals surface area contributed by atoms with Gasteiger partial charge in [0.2, 0.25) is 0 Å². The summed E-state index contributed by atoms with van der Waals surface area (Å²) in [4.78, 5) is 0. The van der Waals surface area contributed by atoms with Crippen molar-refractivity contribution < 1.29 is 133 Å². The van der Waals surface area contributed by atoms with E-state index in [2.05, 4.69) is 14.2 Å². The van der Waals surface area contributed by atoms with Crippen LogP contribution in [0.2, 0.25) is 0 Å². The molecule has 0 saturated carbocycles. The van der Waals surface area contributed by atoms with Crippen molar-refractivity contribution >= 4 is 7.92 Å². The molecule has 0 fully saturated rings. The van der Waals surface area contributed by atoms with Gasteiger partial charge in [-0.1, -0.05) is 0 Å². The van der Waals surface area contributed by atoms with Gasteiger partial charge in [-0.05, 0) is 41.5 Å². The van der Waals surface area contributed by atoms with Gasteiger partial charge in [0, 0.05) is 0 Å². The second-order valence-electron chi connectivity index (χ2n) is 11.6. The third-order valence-corrected chi connectivity index (χ3v) is 9.15. The Morgan fingerprint density at radius 2 is 0.385 bits per heavy atom. The van der Waals surface area contributed by atoms with Gasteiger partial charge in [0.25, 0.3) is 0 Å². The van der Waals surface area contributed by atoms with Crippen LogP contribution < -0.4 is 0 Å². The first-order chi connectivity index (χ1) is 21.7. The van der Waals surface area contributed by atoms with Gasteiger partial charge in [-0.2, -0.15) is 119 Å². The molecule has 0 aromatic rings. The van der Waals surface area contributed by atoms with E-state index in [1.165, 1.54) is 0 Å². The van der Waals surface area contributed by atoms with Gasteiger partial charge in [0.05, 0.1) is 0 Å². The summed E-state index contributed by atoms with van der Waals surface area (Å²) < 4.78 is 392. The summed E-state index contributed by atoms with van der Waals surface area (Å²) in [5.41, 5.74) is -43.6. The average Bonchev–Trinajstić information content (AvgIpc) is 2.78. The molecule has 52 heavy (non-hydrogen) atoms. The summed E-state index contributed by atoms with van der Waals surface area (Å²) in [5, 5.41) is 0. The summed E-state index contributed by atoms with van der Waals surface area (Å²) in [5.74, 6) is -26.9. The highest BCUT2D eigenvalue weighted by molar-refractivity contribution is 7.61.